The number of fused-ring (bicyclic) bond motifs is 3. The molecule has 0 unspecified atom stereocenters. The smallest absolute Gasteiger partial charge is 0.399 e. The predicted molar refractivity (Wildman–Crippen MR) is 331 cm³/mol. The molecule has 12 rings (SSSR count). The predicted octanol–water partition coefficient (Wildman–Crippen LogP) is 17.0. The Morgan fingerprint density at radius 3 is 1.08 bits per heavy atom. The number of hydrogen-bond donors (Lipinski definition) is 0. The monoisotopic (exact) mass is 1040 g/mol. The molecule has 10 aromatic rings. The van der Waals surface area contributed by atoms with Crippen LogP contribution >= 0.6 is 0 Å². The molecule has 0 amide bonds. The summed E-state index contributed by atoms with van der Waals surface area (Å²) in [5, 5.41) is 2.25. The van der Waals surface area contributed by atoms with Gasteiger partial charge < -0.3 is 33.0 Å². The zero-order chi connectivity index (χ0) is 55.1. The zero-order valence-electron chi connectivity index (χ0n) is 47.4. The molecule has 7 nitrogen and oxygen atoms in total. The molecule has 0 aliphatic carbocycles. The van der Waals surface area contributed by atoms with Crippen LogP contribution in [0.2, 0.25) is 0 Å². The Morgan fingerprint density at radius 2 is 0.709 bits per heavy atom. The van der Waals surface area contributed by atoms with Gasteiger partial charge in [0.2, 0.25) is 0 Å². The van der Waals surface area contributed by atoms with Crippen molar-refractivity contribution in [3.63, 3.8) is 0 Å². The van der Waals surface area contributed by atoms with Crippen LogP contribution in [0.15, 0.2) is 218 Å². The molecule has 2 aliphatic rings. The maximum Gasteiger partial charge on any atom is 0.494 e. The minimum absolute atomic E-state index is 0.00716. The topological polar surface area (TPSA) is 48.3 Å². The third-order valence-electron chi connectivity index (χ3n) is 17.1. The van der Waals surface area contributed by atoms with Crippen molar-refractivity contribution in [2.75, 3.05) is 9.80 Å². The number of aromatic nitrogens is 1. The van der Waals surface area contributed by atoms with Gasteiger partial charge in [-0.2, -0.15) is 0 Å². The fourth-order valence-corrected chi connectivity index (χ4v) is 11.1. The van der Waals surface area contributed by atoms with Gasteiger partial charge in [-0.25, -0.2) is 0 Å². The summed E-state index contributed by atoms with van der Waals surface area (Å²) in [5.41, 5.74) is 15.5. The molecule has 0 N–H and O–H groups in total. The van der Waals surface area contributed by atoms with Gasteiger partial charge in [-0.1, -0.05) is 154 Å². The SMILES string of the molecule is CC(C)(C)c1ccc(-n2c3ccc(N(c4ccc(B5OC(C)(C)C(C)(C)O5)cc4)c4ccccc4-c4ccccc4)cc3c3cc(N(c4ccc(B5OC(C)(C)C(C)(C)O5)cc4)c4ccccc4-c4ccccc4)ccc32)cc1. The molecule has 2 fully saturated rings. The summed E-state index contributed by atoms with van der Waals surface area (Å²) in [6, 6.07) is 79.2. The normalized spacial score (nSPS) is 16.4. The lowest BCUT2D eigenvalue weighted by atomic mass is 9.79. The van der Waals surface area contributed by atoms with Crippen LogP contribution < -0.4 is 20.7 Å². The fourth-order valence-electron chi connectivity index (χ4n) is 11.1. The van der Waals surface area contributed by atoms with Gasteiger partial charge in [-0.15, -0.1) is 0 Å². The Balaban J connectivity index is 1.07. The van der Waals surface area contributed by atoms with Crippen LogP contribution in [0.1, 0.15) is 81.7 Å². The Kier molecular flexibility index (Phi) is 12.9. The van der Waals surface area contributed by atoms with Crippen LogP contribution in [0.5, 0.6) is 0 Å². The molecule has 0 saturated carbocycles. The third kappa shape index (κ3) is 9.46. The van der Waals surface area contributed by atoms with Crippen molar-refractivity contribution in [1.82, 2.24) is 4.57 Å². The number of anilines is 6. The van der Waals surface area contributed by atoms with Crippen molar-refractivity contribution in [3.8, 4) is 27.9 Å². The molecule has 2 saturated heterocycles. The molecule has 79 heavy (non-hydrogen) atoms. The average molecular weight is 1040 g/mol. The zero-order valence-corrected chi connectivity index (χ0v) is 47.4. The van der Waals surface area contributed by atoms with Crippen LogP contribution in [0, 0.1) is 0 Å². The highest BCUT2D eigenvalue weighted by atomic mass is 16.7. The Bertz CT molecular complexity index is 3590. The minimum Gasteiger partial charge on any atom is -0.399 e. The Labute approximate surface area is 467 Å². The van der Waals surface area contributed by atoms with Crippen molar-refractivity contribution in [1.29, 1.82) is 0 Å². The van der Waals surface area contributed by atoms with E-state index in [0.29, 0.717) is 0 Å². The quantitative estimate of drug-likeness (QED) is 0.120. The molecule has 2 aliphatic heterocycles. The summed E-state index contributed by atoms with van der Waals surface area (Å²) >= 11 is 0. The van der Waals surface area contributed by atoms with Gasteiger partial charge in [0.25, 0.3) is 0 Å². The van der Waals surface area contributed by atoms with Gasteiger partial charge in [0.15, 0.2) is 0 Å². The van der Waals surface area contributed by atoms with Crippen molar-refractivity contribution in [3.05, 3.63) is 224 Å². The number of benzene rings is 9. The average Bonchev–Trinajstić information content (AvgIpc) is 4.14. The van der Waals surface area contributed by atoms with E-state index in [1.165, 1.54) is 5.56 Å². The van der Waals surface area contributed by atoms with Crippen LogP contribution in [-0.2, 0) is 24.0 Å². The van der Waals surface area contributed by atoms with Crippen molar-refractivity contribution in [2.45, 2.75) is 104 Å². The summed E-state index contributed by atoms with van der Waals surface area (Å²) in [4.78, 5) is 4.79. The van der Waals surface area contributed by atoms with E-state index >= 15 is 0 Å². The van der Waals surface area contributed by atoms with Crippen molar-refractivity contribution < 1.29 is 18.6 Å². The van der Waals surface area contributed by atoms with E-state index in [0.717, 1.165) is 94.8 Å². The summed E-state index contributed by atoms with van der Waals surface area (Å²) in [6.07, 6.45) is 0. The Hall–Kier alpha value is -7.65. The molecule has 394 valence electrons. The molecular formula is C70H69B2N3O4. The highest BCUT2D eigenvalue weighted by Crippen LogP contribution is 2.47. The van der Waals surface area contributed by atoms with Gasteiger partial charge >= 0.3 is 14.2 Å². The second kappa shape index (κ2) is 19.6. The summed E-state index contributed by atoms with van der Waals surface area (Å²) < 4.78 is 28.6. The van der Waals surface area contributed by atoms with E-state index in [4.69, 9.17) is 18.6 Å². The Morgan fingerprint density at radius 1 is 0.367 bits per heavy atom. The van der Waals surface area contributed by atoms with Crippen LogP contribution in [-0.4, -0.2) is 41.2 Å². The second-order valence-electron chi connectivity index (χ2n) is 24.3. The molecule has 9 aromatic carbocycles. The first-order chi connectivity index (χ1) is 37.8. The van der Waals surface area contributed by atoms with Crippen LogP contribution in [0.4, 0.5) is 34.1 Å². The standard InChI is InChI=1S/C70H69B2N3O4/c1-66(2,3)50-30-36-55(37-31-50)75-64-44-42-56(73(62-28-20-18-26-58(62)48-22-14-12-15-23-48)53-38-32-51(33-39-53)71-76-67(4,5)68(6,7)77-71)46-60(64)61-47-57(43-45-65(61)75)74(63-29-21-19-27-59(63)49-24-16-13-17-25-49)54-40-34-52(35-41-54)72-78-69(8,9)70(10,11)79-72/h12-47H,1-11H3. The molecule has 3 heterocycles. The largest absolute Gasteiger partial charge is 0.494 e. The van der Waals surface area contributed by atoms with Gasteiger partial charge in [0.05, 0.1) is 44.8 Å². The summed E-state index contributed by atoms with van der Waals surface area (Å²) in [7, 11) is -0.962. The van der Waals surface area contributed by atoms with Gasteiger partial charge in [-0.05, 0) is 173 Å². The highest BCUT2D eigenvalue weighted by molar-refractivity contribution is 6.62. The third-order valence-corrected chi connectivity index (χ3v) is 17.1. The first-order valence-corrected chi connectivity index (χ1v) is 27.8. The molecule has 0 spiro atoms. The van der Waals surface area contributed by atoms with Crippen LogP contribution in [0.25, 0.3) is 49.7 Å². The summed E-state index contributed by atoms with van der Waals surface area (Å²) in [5.74, 6) is 0. The molecule has 0 bridgehead atoms. The first-order valence-electron chi connectivity index (χ1n) is 27.8. The lowest BCUT2D eigenvalue weighted by Gasteiger charge is -2.32. The maximum atomic E-state index is 6.55. The maximum absolute atomic E-state index is 6.55. The number of nitrogens with zero attached hydrogens (tertiary/aromatic N) is 3. The van der Waals surface area contributed by atoms with E-state index in [1.54, 1.807) is 0 Å². The first kappa shape index (κ1) is 52.1. The molecule has 1 aromatic heterocycles. The molecule has 0 atom stereocenters. The number of hydrogen-bond acceptors (Lipinski definition) is 6. The molecular weight excluding hydrogens is 968 g/mol. The van der Waals surface area contributed by atoms with Gasteiger partial charge in [-0.3, -0.25) is 0 Å². The van der Waals surface area contributed by atoms with Crippen molar-refractivity contribution in [2.24, 2.45) is 0 Å². The fraction of sp³-hybridized carbons (Fsp3) is 0.229. The highest BCUT2D eigenvalue weighted by Gasteiger charge is 2.53. The summed E-state index contributed by atoms with van der Waals surface area (Å²) in [6.45, 7) is 23.6. The van der Waals surface area contributed by atoms with E-state index < -0.39 is 36.6 Å². The lowest BCUT2D eigenvalue weighted by Crippen LogP contribution is -2.41. The van der Waals surface area contributed by atoms with E-state index in [1.807, 2.05) is 0 Å². The van der Waals surface area contributed by atoms with Gasteiger partial charge in [0.1, 0.15) is 0 Å². The number of rotatable bonds is 11. The van der Waals surface area contributed by atoms with Crippen LogP contribution in [0.3, 0.4) is 0 Å². The second-order valence-corrected chi connectivity index (χ2v) is 24.3. The minimum atomic E-state index is -0.481. The van der Waals surface area contributed by atoms with E-state index in [2.05, 4.69) is 309 Å². The number of para-hydroxylation sites is 2. The molecule has 9 heteroatoms. The van der Waals surface area contributed by atoms with E-state index in [9.17, 15) is 0 Å². The van der Waals surface area contributed by atoms with E-state index in [-0.39, 0.29) is 5.41 Å². The molecule has 0 radical (unpaired) electrons. The van der Waals surface area contributed by atoms with Gasteiger partial charge in [0, 0.05) is 50.3 Å². The van der Waals surface area contributed by atoms with Crippen molar-refractivity contribution >= 4 is 81.1 Å². The lowest BCUT2D eigenvalue weighted by molar-refractivity contribution is 0.00578.